The predicted octanol–water partition coefficient (Wildman–Crippen LogP) is 4.56. The van der Waals surface area contributed by atoms with Gasteiger partial charge in [-0.15, -0.1) is 0 Å². The van der Waals surface area contributed by atoms with Crippen molar-refractivity contribution in [2.24, 2.45) is 0 Å². The third-order valence-corrected chi connectivity index (χ3v) is 4.01. The van der Waals surface area contributed by atoms with Crippen LogP contribution >= 0.6 is 0 Å². The maximum atomic E-state index is 12.3. The summed E-state index contributed by atoms with van der Waals surface area (Å²) >= 11 is 0. The molecule has 4 nitrogen and oxygen atoms in total. The van der Waals surface area contributed by atoms with E-state index in [4.69, 9.17) is 0 Å². The van der Waals surface area contributed by atoms with E-state index in [1.165, 1.54) is 11.1 Å². The first-order valence-corrected chi connectivity index (χ1v) is 8.24. The van der Waals surface area contributed by atoms with Crippen molar-refractivity contribution in [1.82, 2.24) is 4.98 Å². The van der Waals surface area contributed by atoms with Crippen molar-refractivity contribution in [1.29, 1.82) is 0 Å². The highest BCUT2D eigenvalue weighted by atomic mass is 16.1. The molecule has 0 fully saturated rings. The Labute approximate surface area is 147 Å². The zero-order valence-electron chi connectivity index (χ0n) is 14.4. The number of pyridine rings is 1. The third kappa shape index (κ3) is 4.44. The van der Waals surface area contributed by atoms with Crippen LogP contribution in [0.4, 0.5) is 11.5 Å². The molecule has 1 heterocycles. The largest absolute Gasteiger partial charge is 0.380 e. The van der Waals surface area contributed by atoms with Gasteiger partial charge in [-0.25, -0.2) is 4.98 Å². The van der Waals surface area contributed by atoms with Crippen molar-refractivity contribution in [2.45, 2.75) is 20.4 Å². The van der Waals surface area contributed by atoms with Crippen molar-refractivity contribution < 1.29 is 4.79 Å². The Hall–Kier alpha value is -3.14. The van der Waals surface area contributed by atoms with Crippen LogP contribution in [0, 0.1) is 13.8 Å². The molecule has 3 aromatic rings. The number of anilines is 2. The first kappa shape index (κ1) is 16.7. The molecule has 0 saturated heterocycles. The Morgan fingerprint density at radius 3 is 2.40 bits per heavy atom. The van der Waals surface area contributed by atoms with Crippen LogP contribution < -0.4 is 10.6 Å². The van der Waals surface area contributed by atoms with Gasteiger partial charge in [0.1, 0.15) is 5.82 Å². The SMILES string of the molecule is Cc1ccc(CNc2ccc(NC(=O)c3ccccc3C)nc2)cc1. The summed E-state index contributed by atoms with van der Waals surface area (Å²) in [5, 5.41) is 6.15. The first-order valence-electron chi connectivity index (χ1n) is 8.24. The molecule has 0 saturated carbocycles. The fourth-order valence-corrected chi connectivity index (χ4v) is 2.49. The molecule has 1 aromatic heterocycles. The molecular weight excluding hydrogens is 310 g/mol. The van der Waals surface area contributed by atoms with Gasteiger partial charge < -0.3 is 10.6 Å². The van der Waals surface area contributed by atoms with Crippen LogP contribution in [0.2, 0.25) is 0 Å². The number of benzene rings is 2. The lowest BCUT2D eigenvalue weighted by molar-refractivity contribution is 0.102. The Morgan fingerprint density at radius 1 is 0.960 bits per heavy atom. The van der Waals surface area contributed by atoms with Crippen molar-refractivity contribution in [3.63, 3.8) is 0 Å². The van der Waals surface area contributed by atoms with E-state index in [9.17, 15) is 4.79 Å². The molecule has 0 bridgehead atoms. The third-order valence-electron chi connectivity index (χ3n) is 4.01. The van der Waals surface area contributed by atoms with Gasteiger partial charge >= 0.3 is 0 Å². The zero-order chi connectivity index (χ0) is 17.6. The van der Waals surface area contributed by atoms with E-state index >= 15 is 0 Å². The number of rotatable bonds is 5. The Kier molecular flexibility index (Phi) is 5.09. The number of nitrogens with zero attached hydrogens (tertiary/aromatic N) is 1. The van der Waals surface area contributed by atoms with Gasteiger partial charge in [0.15, 0.2) is 0 Å². The van der Waals surface area contributed by atoms with Crippen molar-refractivity contribution in [3.8, 4) is 0 Å². The number of carbonyl (C=O) groups is 1. The second-order valence-electron chi connectivity index (χ2n) is 6.04. The number of carbonyl (C=O) groups excluding carboxylic acids is 1. The van der Waals surface area contributed by atoms with E-state index in [1.807, 2.05) is 37.3 Å². The van der Waals surface area contributed by atoms with Gasteiger partial charge in [-0.3, -0.25) is 4.79 Å². The maximum Gasteiger partial charge on any atom is 0.257 e. The molecule has 2 N–H and O–H groups in total. The van der Waals surface area contributed by atoms with Crippen LogP contribution in [0.3, 0.4) is 0 Å². The lowest BCUT2D eigenvalue weighted by atomic mass is 10.1. The summed E-state index contributed by atoms with van der Waals surface area (Å²) in [5.41, 5.74) is 4.97. The van der Waals surface area contributed by atoms with Crippen LogP contribution in [-0.2, 0) is 6.54 Å². The van der Waals surface area contributed by atoms with Crippen molar-refractivity contribution in [2.75, 3.05) is 10.6 Å². The monoisotopic (exact) mass is 331 g/mol. The molecule has 0 aliphatic carbocycles. The number of hydrogen-bond acceptors (Lipinski definition) is 3. The molecule has 0 aliphatic heterocycles. The van der Waals surface area contributed by atoms with Gasteiger partial charge in [0.05, 0.1) is 11.9 Å². The molecular formula is C21H21N3O. The highest BCUT2D eigenvalue weighted by Crippen LogP contribution is 2.14. The average molecular weight is 331 g/mol. The molecule has 1 amide bonds. The standard InChI is InChI=1S/C21H21N3O/c1-15-7-9-17(10-8-15)13-22-18-11-12-20(23-14-18)24-21(25)19-6-4-3-5-16(19)2/h3-12,14,22H,13H2,1-2H3,(H,23,24,25). The number of aryl methyl sites for hydroxylation is 2. The number of aromatic nitrogens is 1. The molecule has 0 atom stereocenters. The number of nitrogens with one attached hydrogen (secondary N) is 2. The highest BCUT2D eigenvalue weighted by molar-refractivity contribution is 6.04. The quantitative estimate of drug-likeness (QED) is 0.720. The summed E-state index contributed by atoms with van der Waals surface area (Å²) in [6.45, 7) is 4.72. The van der Waals surface area contributed by atoms with Gasteiger partial charge in [0, 0.05) is 12.1 Å². The summed E-state index contributed by atoms with van der Waals surface area (Å²) in [6.07, 6.45) is 1.72. The van der Waals surface area contributed by atoms with Gasteiger partial charge in [0.25, 0.3) is 5.91 Å². The summed E-state index contributed by atoms with van der Waals surface area (Å²) in [4.78, 5) is 16.6. The Bertz CT molecular complexity index is 855. The van der Waals surface area contributed by atoms with Crippen molar-refractivity contribution >= 4 is 17.4 Å². The Morgan fingerprint density at radius 2 is 1.72 bits per heavy atom. The van der Waals surface area contributed by atoms with Crippen LogP contribution in [0.1, 0.15) is 27.0 Å². The minimum absolute atomic E-state index is 0.147. The van der Waals surface area contributed by atoms with Gasteiger partial charge in [-0.1, -0.05) is 48.0 Å². The summed E-state index contributed by atoms with van der Waals surface area (Å²) in [7, 11) is 0. The van der Waals surface area contributed by atoms with E-state index in [1.54, 1.807) is 12.3 Å². The molecule has 0 radical (unpaired) electrons. The molecule has 126 valence electrons. The summed E-state index contributed by atoms with van der Waals surface area (Å²) < 4.78 is 0. The van der Waals surface area contributed by atoms with Crippen LogP contribution in [0.5, 0.6) is 0 Å². The number of hydrogen-bond donors (Lipinski definition) is 2. The minimum Gasteiger partial charge on any atom is -0.380 e. The molecule has 0 spiro atoms. The van der Waals surface area contributed by atoms with Crippen molar-refractivity contribution in [3.05, 3.63) is 89.1 Å². The lowest BCUT2D eigenvalue weighted by Crippen LogP contribution is -2.14. The fourth-order valence-electron chi connectivity index (χ4n) is 2.49. The van der Waals surface area contributed by atoms with E-state index in [0.29, 0.717) is 11.4 Å². The molecule has 3 rings (SSSR count). The van der Waals surface area contributed by atoms with Gasteiger partial charge in [0.2, 0.25) is 0 Å². The van der Waals surface area contributed by atoms with Crippen LogP contribution in [0.25, 0.3) is 0 Å². The second-order valence-corrected chi connectivity index (χ2v) is 6.04. The maximum absolute atomic E-state index is 12.3. The van der Waals surface area contributed by atoms with Gasteiger partial charge in [-0.2, -0.15) is 0 Å². The van der Waals surface area contributed by atoms with E-state index in [0.717, 1.165) is 17.8 Å². The molecule has 4 heteroatoms. The van der Waals surface area contributed by atoms with E-state index in [-0.39, 0.29) is 5.91 Å². The van der Waals surface area contributed by atoms with Gasteiger partial charge in [-0.05, 0) is 43.2 Å². The van der Waals surface area contributed by atoms with Crippen LogP contribution in [-0.4, -0.2) is 10.9 Å². The van der Waals surface area contributed by atoms with E-state index < -0.39 is 0 Å². The number of amides is 1. The topological polar surface area (TPSA) is 54.0 Å². The first-order chi connectivity index (χ1) is 12.1. The van der Waals surface area contributed by atoms with Crippen LogP contribution in [0.15, 0.2) is 66.9 Å². The zero-order valence-corrected chi connectivity index (χ0v) is 14.4. The average Bonchev–Trinajstić information content (AvgIpc) is 2.63. The predicted molar refractivity (Wildman–Crippen MR) is 102 cm³/mol. The minimum atomic E-state index is -0.147. The lowest BCUT2D eigenvalue weighted by Gasteiger charge is -2.09. The summed E-state index contributed by atoms with van der Waals surface area (Å²) in [5.74, 6) is 0.389. The highest BCUT2D eigenvalue weighted by Gasteiger charge is 2.08. The Balaban J connectivity index is 1.59. The normalized spacial score (nSPS) is 10.3. The molecule has 0 unspecified atom stereocenters. The summed E-state index contributed by atoms with van der Waals surface area (Å²) in [6, 6.07) is 19.6. The second kappa shape index (κ2) is 7.62. The fraction of sp³-hybridized carbons (Fsp3) is 0.143. The molecule has 25 heavy (non-hydrogen) atoms. The smallest absolute Gasteiger partial charge is 0.257 e. The van der Waals surface area contributed by atoms with E-state index in [2.05, 4.69) is 46.8 Å². The molecule has 2 aromatic carbocycles. The molecule has 0 aliphatic rings.